The quantitative estimate of drug-likeness (QED) is 0.631. The Bertz CT molecular complexity index is 1100. The van der Waals surface area contributed by atoms with Gasteiger partial charge < -0.3 is 5.32 Å². The molecule has 2 aromatic carbocycles. The second-order valence-corrected chi connectivity index (χ2v) is 8.23. The maximum atomic E-state index is 12.6. The number of sulfonamides is 1. The normalized spacial score (nSPS) is 11.6. The SMILES string of the molecule is NS(=O)(=O)c1ccc(Sc2ccccc2C(=O)Nc2cnn(C(F)F)c2)cc1. The van der Waals surface area contributed by atoms with Gasteiger partial charge in [0.15, 0.2) is 0 Å². The van der Waals surface area contributed by atoms with Crippen LogP contribution in [0.1, 0.15) is 16.9 Å². The van der Waals surface area contributed by atoms with Crippen molar-refractivity contribution in [1.29, 1.82) is 0 Å². The lowest BCUT2D eigenvalue weighted by Crippen LogP contribution is -2.12. The number of aromatic nitrogens is 2. The van der Waals surface area contributed by atoms with Gasteiger partial charge in [0.25, 0.3) is 5.91 Å². The van der Waals surface area contributed by atoms with Crippen molar-refractivity contribution in [3.05, 3.63) is 66.5 Å². The van der Waals surface area contributed by atoms with Crippen LogP contribution >= 0.6 is 11.8 Å². The van der Waals surface area contributed by atoms with E-state index in [0.717, 1.165) is 12.4 Å². The Labute approximate surface area is 163 Å². The topological polar surface area (TPSA) is 107 Å². The number of rotatable bonds is 6. The first kappa shape index (κ1) is 20.0. The number of halogens is 2. The van der Waals surface area contributed by atoms with E-state index >= 15 is 0 Å². The lowest BCUT2D eigenvalue weighted by Gasteiger charge is -2.09. The van der Waals surface area contributed by atoms with Crippen LogP contribution in [0.4, 0.5) is 14.5 Å². The van der Waals surface area contributed by atoms with Crippen LogP contribution in [0.25, 0.3) is 0 Å². The minimum absolute atomic E-state index is 0.0149. The van der Waals surface area contributed by atoms with Gasteiger partial charge in [-0.3, -0.25) is 4.79 Å². The van der Waals surface area contributed by atoms with Crippen molar-refractivity contribution in [2.75, 3.05) is 5.32 Å². The van der Waals surface area contributed by atoms with Crippen molar-refractivity contribution in [1.82, 2.24) is 9.78 Å². The van der Waals surface area contributed by atoms with Crippen molar-refractivity contribution in [3.8, 4) is 0 Å². The molecule has 0 fully saturated rings. The van der Waals surface area contributed by atoms with Crippen LogP contribution in [0.2, 0.25) is 0 Å². The summed E-state index contributed by atoms with van der Waals surface area (Å²) in [5.74, 6) is -0.488. The molecule has 0 aliphatic heterocycles. The fourth-order valence-electron chi connectivity index (χ4n) is 2.28. The molecule has 0 bridgehead atoms. The molecule has 0 saturated heterocycles. The van der Waals surface area contributed by atoms with Crippen molar-refractivity contribution < 1.29 is 22.0 Å². The number of benzene rings is 2. The average molecular weight is 424 g/mol. The minimum atomic E-state index is -3.79. The number of anilines is 1. The summed E-state index contributed by atoms with van der Waals surface area (Å²) in [4.78, 5) is 13.8. The highest BCUT2D eigenvalue weighted by Gasteiger charge is 2.15. The second-order valence-electron chi connectivity index (χ2n) is 5.56. The average Bonchev–Trinajstić information content (AvgIpc) is 3.10. The number of amides is 1. The van der Waals surface area contributed by atoms with Gasteiger partial charge in [0.05, 0.1) is 28.5 Å². The van der Waals surface area contributed by atoms with Gasteiger partial charge in [-0.25, -0.2) is 18.2 Å². The third kappa shape index (κ3) is 4.74. The molecule has 3 aromatic rings. The first-order valence-corrected chi connectivity index (χ1v) is 10.1. The van der Waals surface area contributed by atoms with Crippen molar-refractivity contribution in [2.24, 2.45) is 5.14 Å². The highest BCUT2D eigenvalue weighted by molar-refractivity contribution is 7.99. The molecule has 146 valence electrons. The van der Waals surface area contributed by atoms with Crippen LogP contribution in [-0.2, 0) is 10.0 Å². The third-order valence-corrected chi connectivity index (χ3v) is 5.58. The molecule has 3 rings (SSSR count). The summed E-state index contributed by atoms with van der Waals surface area (Å²) in [5, 5.41) is 11.1. The molecule has 0 aliphatic rings. The fourth-order valence-corrected chi connectivity index (χ4v) is 3.73. The zero-order chi connectivity index (χ0) is 20.3. The monoisotopic (exact) mass is 424 g/mol. The van der Waals surface area contributed by atoms with Crippen LogP contribution in [0, 0.1) is 0 Å². The Hall–Kier alpha value is -2.76. The number of nitrogens with two attached hydrogens (primary N) is 1. The van der Waals surface area contributed by atoms with Crippen molar-refractivity contribution in [2.45, 2.75) is 21.2 Å². The van der Waals surface area contributed by atoms with E-state index < -0.39 is 22.5 Å². The number of nitrogens with zero attached hydrogens (tertiary/aromatic N) is 2. The number of carbonyl (C=O) groups excluding carboxylic acids is 1. The van der Waals surface area contributed by atoms with Crippen molar-refractivity contribution >= 4 is 33.4 Å². The Morgan fingerprint density at radius 1 is 1.14 bits per heavy atom. The van der Waals surface area contributed by atoms with Crippen LogP contribution in [0.15, 0.2) is 75.6 Å². The minimum Gasteiger partial charge on any atom is -0.319 e. The van der Waals surface area contributed by atoms with Crippen LogP contribution in [-0.4, -0.2) is 24.1 Å². The van der Waals surface area contributed by atoms with Gasteiger partial charge in [0.2, 0.25) is 10.0 Å². The third-order valence-electron chi connectivity index (χ3n) is 3.57. The van der Waals surface area contributed by atoms with Gasteiger partial charge >= 0.3 is 6.55 Å². The molecule has 0 unspecified atom stereocenters. The van der Waals surface area contributed by atoms with E-state index in [1.165, 1.54) is 23.9 Å². The Kier molecular flexibility index (Phi) is 5.77. The smallest absolute Gasteiger partial charge is 0.319 e. The van der Waals surface area contributed by atoms with E-state index in [-0.39, 0.29) is 10.6 Å². The molecule has 11 heteroatoms. The van der Waals surface area contributed by atoms with E-state index in [9.17, 15) is 22.0 Å². The number of carbonyl (C=O) groups is 1. The summed E-state index contributed by atoms with van der Waals surface area (Å²) in [6.07, 6.45) is 2.16. The first-order valence-electron chi connectivity index (χ1n) is 7.77. The van der Waals surface area contributed by atoms with E-state index in [2.05, 4.69) is 10.4 Å². The standard InChI is InChI=1S/C17H14F2N4O3S2/c18-17(19)23-10-11(9-21-23)22-16(24)14-3-1-2-4-15(14)27-12-5-7-13(8-6-12)28(20,25)26/h1-10,17H,(H,22,24)(H2,20,25,26). The van der Waals surface area contributed by atoms with Crippen LogP contribution in [0.3, 0.4) is 0 Å². The summed E-state index contributed by atoms with van der Waals surface area (Å²) in [5.41, 5.74) is 0.468. The van der Waals surface area contributed by atoms with Gasteiger partial charge in [-0.15, -0.1) is 0 Å². The summed E-state index contributed by atoms with van der Waals surface area (Å²) in [6.45, 7) is -2.80. The molecule has 1 amide bonds. The zero-order valence-corrected chi connectivity index (χ0v) is 15.8. The van der Waals surface area contributed by atoms with Crippen LogP contribution < -0.4 is 10.5 Å². The fraction of sp³-hybridized carbons (Fsp3) is 0.0588. The lowest BCUT2D eigenvalue weighted by molar-refractivity contribution is 0.0566. The van der Waals surface area contributed by atoms with Gasteiger partial charge in [0.1, 0.15) is 0 Å². The molecule has 0 aliphatic carbocycles. The molecule has 0 saturated carbocycles. The molecule has 0 atom stereocenters. The van der Waals surface area contributed by atoms with Gasteiger partial charge in [-0.1, -0.05) is 23.9 Å². The van der Waals surface area contributed by atoms with Gasteiger partial charge in [0, 0.05) is 9.79 Å². The molecule has 1 heterocycles. The summed E-state index contributed by atoms with van der Waals surface area (Å²) in [7, 11) is -3.79. The summed E-state index contributed by atoms with van der Waals surface area (Å²) < 4.78 is 48.3. The van der Waals surface area contributed by atoms with Crippen LogP contribution in [0.5, 0.6) is 0 Å². The maximum absolute atomic E-state index is 12.6. The lowest BCUT2D eigenvalue weighted by atomic mass is 10.2. The van der Waals surface area contributed by atoms with E-state index in [1.54, 1.807) is 36.4 Å². The maximum Gasteiger partial charge on any atom is 0.333 e. The molecule has 28 heavy (non-hydrogen) atoms. The molecular formula is C17H14F2N4O3S2. The molecular weight excluding hydrogens is 410 g/mol. The number of alkyl halides is 2. The second kappa shape index (κ2) is 8.09. The molecule has 0 spiro atoms. The van der Waals surface area contributed by atoms with E-state index in [4.69, 9.17) is 5.14 Å². The van der Waals surface area contributed by atoms with Gasteiger partial charge in [-0.05, 0) is 36.4 Å². The first-order chi connectivity index (χ1) is 13.2. The highest BCUT2D eigenvalue weighted by atomic mass is 32.2. The largest absolute Gasteiger partial charge is 0.333 e. The zero-order valence-electron chi connectivity index (χ0n) is 14.1. The summed E-state index contributed by atoms with van der Waals surface area (Å²) in [6, 6.07) is 12.6. The molecule has 7 nitrogen and oxygen atoms in total. The van der Waals surface area contributed by atoms with Crippen molar-refractivity contribution in [3.63, 3.8) is 0 Å². The number of primary sulfonamides is 1. The van der Waals surface area contributed by atoms with E-state index in [1.807, 2.05) is 0 Å². The number of nitrogens with one attached hydrogen (secondary N) is 1. The van der Waals surface area contributed by atoms with Gasteiger partial charge in [-0.2, -0.15) is 13.9 Å². The molecule has 3 N–H and O–H groups in total. The Morgan fingerprint density at radius 2 is 1.82 bits per heavy atom. The Balaban J connectivity index is 1.79. The Morgan fingerprint density at radius 3 is 2.43 bits per heavy atom. The summed E-state index contributed by atoms with van der Waals surface area (Å²) >= 11 is 1.25. The molecule has 1 aromatic heterocycles. The van der Waals surface area contributed by atoms with E-state index in [0.29, 0.717) is 20.0 Å². The number of hydrogen-bond donors (Lipinski definition) is 2. The predicted molar refractivity (Wildman–Crippen MR) is 99.8 cm³/mol. The predicted octanol–water partition coefficient (Wildman–Crippen LogP) is 3.33. The number of hydrogen-bond acceptors (Lipinski definition) is 5. The highest BCUT2D eigenvalue weighted by Crippen LogP contribution is 2.31. The molecule has 0 radical (unpaired) electrons.